The highest BCUT2D eigenvalue weighted by Crippen LogP contribution is 2.53. The van der Waals surface area contributed by atoms with E-state index in [1.807, 2.05) is 19.9 Å². The zero-order valence-electron chi connectivity index (χ0n) is 43.0. The van der Waals surface area contributed by atoms with Crippen molar-refractivity contribution in [1.82, 2.24) is 29.7 Å². The van der Waals surface area contributed by atoms with Crippen LogP contribution >= 0.6 is 34.5 Å². The molecular formula is C56H63Cl2FN6O10S. The van der Waals surface area contributed by atoms with Crippen molar-refractivity contribution in [2.75, 3.05) is 92.6 Å². The van der Waals surface area contributed by atoms with Crippen LogP contribution in [0.2, 0.25) is 10.0 Å². The number of aliphatic carboxylic acids is 1. The Balaban J connectivity index is 0.980. The van der Waals surface area contributed by atoms with Crippen LogP contribution in [-0.2, 0) is 42.2 Å². The van der Waals surface area contributed by atoms with E-state index >= 15 is 0 Å². The molecule has 2 saturated heterocycles. The lowest BCUT2D eigenvalue weighted by molar-refractivity contribution is -0.145. The summed E-state index contributed by atoms with van der Waals surface area (Å²) < 4.78 is 64.4. The van der Waals surface area contributed by atoms with Crippen molar-refractivity contribution in [1.29, 1.82) is 0 Å². The lowest BCUT2D eigenvalue weighted by Crippen LogP contribution is -2.49. The summed E-state index contributed by atoms with van der Waals surface area (Å²) >= 11 is 16.1. The number of benzene rings is 3. The highest BCUT2D eigenvalue weighted by Gasteiger charge is 2.38. The Labute approximate surface area is 455 Å². The highest BCUT2D eigenvalue weighted by atomic mass is 35.5. The molecular weight excluding hydrogens is 1040 g/mol. The first-order valence-electron chi connectivity index (χ1n) is 26.0. The number of aromatic nitrogens is 4. The van der Waals surface area contributed by atoms with Crippen LogP contribution in [0.1, 0.15) is 60.3 Å². The zero-order chi connectivity index (χ0) is 52.8. The summed E-state index contributed by atoms with van der Waals surface area (Å²) in [5.41, 5.74) is 4.06. The molecule has 1 aliphatic carbocycles. The van der Waals surface area contributed by atoms with Gasteiger partial charge >= 0.3 is 5.97 Å². The molecule has 3 aromatic heterocycles. The molecule has 7 heterocycles. The van der Waals surface area contributed by atoms with Gasteiger partial charge in [-0.3, -0.25) is 4.90 Å². The molecule has 1 saturated carbocycles. The van der Waals surface area contributed by atoms with Crippen molar-refractivity contribution in [3.8, 4) is 44.7 Å². The zero-order valence-corrected chi connectivity index (χ0v) is 45.3. The molecule has 0 radical (unpaired) electrons. The molecule has 6 aromatic rings. The topological polar surface area (TPSA) is 169 Å². The molecule has 1 N–H and O–H groups in total. The van der Waals surface area contributed by atoms with Crippen molar-refractivity contribution in [2.45, 2.75) is 82.7 Å². The Morgan fingerprint density at radius 1 is 0.895 bits per heavy atom. The maximum atomic E-state index is 14.5. The minimum atomic E-state index is -1.48. The average Bonchev–Trinajstić information content (AvgIpc) is 3.83. The number of nitrogens with zero attached hydrogens (tertiary/aromatic N) is 6. The number of ether oxygens (including phenoxy) is 8. The first-order chi connectivity index (χ1) is 36.9. The monoisotopic (exact) mass is 1100 g/mol. The molecule has 4 bridgehead atoms. The van der Waals surface area contributed by atoms with E-state index in [1.54, 1.807) is 36.5 Å². The van der Waals surface area contributed by atoms with Crippen LogP contribution < -0.4 is 18.9 Å². The second-order valence-electron chi connectivity index (χ2n) is 20.0. The molecule has 16 nitrogen and oxygen atoms in total. The van der Waals surface area contributed by atoms with Gasteiger partial charge in [0.25, 0.3) is 0 Å². The van der Waals surface area contributed by atoms with Gasteiger partial charge in [-0.1, -0.05) is 54.6 Å². The van der Waals surface area contributed by atoms with E-state index < -0.39 is 24.0 Å². The number of carboxylic acids is 1. The summed E-state index contributed by atoms with van der Waals surface area (Å²) in [4.78, 5) is 38.5. The Morgan fingerprint density at radius 3 is 2.42 bits per heavy atom. The average molecular weight is 1100 g/mol. The largest absolute Gasteiger partial charge is 0.490 e. The lowest BCUT2D eigenvalue weighted by Gasteiger charge is -2.35. The van der Waals surface area contributed by atoms with Gasteiger partial charge in [0, 0.05) is 61.3 Å². The van der Waals surface area contributed by atoms with Crippen molar-refractivity contribution in [3.05, 3.63) is 105 Å². The number of hydrogen-bond donors (Lipinski definition) is 1. The highest BCUT2D eigenvalue weighted by molar-refractivity contribution is 7.22. The second-order valence-corrected chi connectivity index (χ2v) is 21.8. The third kappa shape index (κ3) is 12.4. The molecule has 4 aliphatic heterocycles. The number of hydrogen-bond acceptors (Lipinski definition) is 16. The molecule has 3 aromatic carbocycles. The fourth-order valence-corrected chi connectivity index (χ4v) is 12.2. The van der Waals surface area contributed by atoms with E-state index in [-0.39, 0.29) is 37.0 Å². The molecule has 404 valence electrons. The van der Waals surface area contributed by atoms with Crippen molar-refractivity contribution in [2.24, 2.45) is 0 Å². The quantitative estimate of drug-likeness (QED) is 0.0964. The minimum absolute atomic E-state index is 0.0284. The summed E-state index contributed by atoms with van der Waals surface area (Å²) in [6.45, 7) is 11.4. The van der Waals surface area contributed by atoms with Crippen LogP contribution in [0.5, 0.6) is 23.1 Å². The van der Waals surface area contributed by atoms with Crippen LogP contribution in [0.3, 0.4) is 0 Å². The Kier molecular flexibility index (Phi) is 17.5. The first-order valence-corrected chi connectivity index (χ1v) is 27.5. The number of likely N-dealkylation sites (N-methyl/N-ethyl adjacent to an activating group) is 1. The fourth-order valence-electron chi connectivity index (χ4n) is 10.5. The van der Waals surface area contributed by atoms with Gasteiger partial charge in [0.2, 0.25) is 12.0 Å². The van der Waals surface area contributed by atoms with Crippen LogP contribution in [0.15, 0.2) is 61.1 Å². The Bertz CT molecular complexity index is 2960. The van der Waals surface area contributed by atoms with E-state index in [2.05, 4.69) is 26.8 Å². The summed E-state index contributed by atoms with van der Waals surface area (Å²) in [6, 6.07) is 13.3. The van der Waals surface area contributed by atoms with Gasteiger partial charge in [0.05, 0.1) is 72.8 Å². The predicted octanol–water partition coefficient (Wildman–Crippen LogP) is 9.57. The molecule has 0 amide bonds. The van der Waals surface area contributed by atoms with Crippen molar-refractivity contribution in [3.63, 3.8) is 0 Å². The number of carboxylic acid groups (broad SMARTS) is 1. The molecule has 76 heavy (non-hydrogen) atoms. The number of rotatable bonds is 15. The van der Waals surface area contributed by atoms with Gasteiger partial charge in [-0.25, -0.2) is 29.1 Å². The molecule has 0 spiro atoms. The maximum Gasteiger partial charge on any atom is 0.345 e. The number of carbonyl (C=O) groups is 1. The summed E-state index contributed by atoms with van der Waals surface area (Å²) in [6.07, 6.45) is 5.85. The standard InChI is InChI=1S/C56H63Cl2FN6O10S/c1-34-45-35(2)49(58)50(48(34)57)74-41(27-65-19-17-64(3)18-20-65)31-72-40-11-12-43(37(25-40)26-44(54(66)67)75-52-47-46(45)51(76-53(47)62-33-61-52)36-7-9-38(59)10-8-36)73-28-39-13-16-60-55(63-39)56(14-5-4-6-15-56)32-70-22-21-68-29-42-30-69-23-24-71-42/h7-13,16,25,33,41-42,44H,4-6,14-15,17-24,26-32H2,1-3H3,(H,66,67)/t41-,42+,44-/m1/s1. The van der Waals surface area contributed by atoms with Crippen LogP contribution in [0.4, 0.5) is 4.39 Å². The predicted molar refractivity (Wildman–Crippen MR) is 287 cm³/mol. The smallest absolute Gasteiger partial charge is 0.345 e. The van der Waals surface area contributed by atoms with Crippen LogP contribution in [0.25, 0.3) is 31.8 Å². The fraction of sp³-hybridized carbons (Fsp3) is 0.482. The Morgan fingerprint density at radius 2 is 1.67 bits per heavy atom. The number of fused-ring (bicyclic) bond motifs is 7. The van der Waals surface area contributed by atoms with E-state index in [4.69, 9.17) is 71.1 Å². The third-order valence-corrected chi connectivity index (χ3v) is 16.7. The van der Waals surface area contributed by atoms with E-state index in [1.165, 1.54) is 29.8 Å². The summed E-state index contributed by atoms with van der Waals surface area (Å²) in [7, 11) is 2.11. The second kappa shape index (κ2) is 24.6. The molecule has 11 rings (SSSR count). The van der Waals surface area contributed by atoms with Crippen LogP contribution in [-0.4, -0.2) is 152 Å². The van der Waals surface area contributed by atoms with Crippen molar-refractivity contribution >= 4 is 50.7 Å². The molecule has 3 atom stereocenters. The molecule has 0 unspecified atom stereocenters. The number of thiophene rings is 1. The molecule has 3 fully saturated rings. The normalized spacial score (nSPS) is 20.4. The van der Waals surface area contributed by atoms with E-state index in [0.717, 1.165) is 58.3 Å². The maximum absolute atomic E-state index is 14.5. The van der Waals surface area contributed by atoms with Crippen LogP contribution in [0, 0.1) is 19.7 Å². The first kappa shape index (κ1) is 54.1. The van der Waals surface area contributed by atoms with Gasteiger partial charge < -0.3 is 47.9 Å². The minimum Gasteiger partial charge on any atom is -0.490 e. The summed E-state index contributed by atoms with van der Waals surface area (Å²) in [5.74, 6) is 0.290. The number of piperazine rings is 1. The van der Waals surface area contributed by atoms with Gasteiger partial charge in [-0.05, 0) is 92.4 Å². The van der Waals surface area contributed by atoms with Gasteiger partial charge in [-0.2, -0.15) is 0 Å². The van der Waals surface area contributed by atoms with E-state index in [0.29, 0.717) is 140 Å². The molecule has 20 heteroatoms. The molecule has 5 aliphatic rings. The van der Waals surface area contributed by atoms with E-state index in [9.17, 15) is 14.3 Å². The van der Waals surface area contributed by atoms with Crippen molar-refractivity contribution < 1.29 is 52.2 Å². The van der Waals surface area contributed by atoms with Gasteiger partial charge in [-0.15, -0.1) is 11.3 Å². The lowest BCUT2D eigenvalue weighted by atomic mass is 9.74. The third-order valence-electron chi connectivity index (χ3n) is 14.7. The van der Waals surface area contributed by atoms with Gasteiger partial charge in [0.1, 0.15) is 59.7 Å². The van der Waals surface area contributed by atoms with Gasteiger partial charge in [0.15, 0.2) is 5.75 Å². The Hall–Kier alpha value is -5.28. The number of halogens is 3. The SMILES string of the molecule is Cc1c(Cl)c2c(Cl)c(C)c1-c1c(-c3ccc(F)cc3)sc3ncnc(c13)O[C@@H](C(=O)O)Cc1cc(ccc1OCc1ccnc(C3(COCCOC[C@H]4COCCO4)CCCCC3)n1)OC[C@@H](CN1CCN(C)CC1)O2. The summed E-state index contributed by atoms with van der Waals surface area (Å²) in [5, 5.41) is 12.1.